The normalized spacial score (nSPS) is 24.1. The van der Waals surface area contributed by atoms with E-state index in [0.717, 1.165) is 31.4 Å². The molecular formula is C15H25N3O2S. The predicted molar refractivity (Wildman–Crippen MR) is 83.4 cm³/mol. The lowest BCUT2D eigenvalue weighted by Crippen LogP contribution is -2.47. The van der Waals surface area contributed by atoms with Crippen molar-refractivity contribution in [1.29, 1.82) is 0 Å². The van der Waals surface area contributed by atoms with E-state index in [1.165, 1.54) is 0 Å². The van der Waals surface area contributed by atoms with Gasteiger partial charge in [-0.25, -0.2) is 13.4 Å². The minimum absolute atomic E-state index is 0.0435. The number of aromatic nitrogens is 1. The maximum absolute atomic E-state index is 12.8. The Balaban J connectivity index is 2.22. The van der Waals surface area contributed by atoms with Crippen molar-refractivity contribution in [2.75, 3.05) is 6.54 Å². The van der Waals surface area contributed by atoms with Crippen molar-refractivity contribution in [3.8, 4) is 0 Å². The van der Waals surface area contributed by atoms with E-state index in [-0.39, 0.29) is 17.1 Å². The average Bonchev–Trinajstić information content (AvgIpc) is 2.45. The molecule has 1 aromatic heterocycles. The standard InChI is InChI=1S/C15H25N3O2S/c1-4-16-10-14-8-9-15(17-11-14)21(19,20)18-12(2)6-5-7-13(18)3/h8-9,11-13,16H,4-7,10H2,1-3H3/t12-,13+. The fraction of sp³-hybridized carbons (Fsp3) is 0.667. The molecule has 5 nitrogen and oxygen atoms in total. The molecule has 0 unspecified atom stereocenters. The van der Waals surface area contributed by atoms with Gasteiger partial charge >= 0.3 is 0 Å². The number of hydrogen-bond acceptors (Lipinski definition) is 4. The average molecular weight is 311 g/mol. The number of nitrogens with one attached hydrogen (secondary N) is 1. The summed E-state index contributed by atoms with van der Waals surface area (Å²) < 4.78 is 27.2. The number of sulfonamides is 1. The third-order valence-electron chi connectivity index (χ3n) is 4.03. The van der Waals surface area contributed by atoms with E-state index in [9.17, 15) is 8.42 Å². The van der Waals surface area contributed by atoms with Gasteiger partial charge < -0.3 is 5.32 Å². The van der Waals surface area contributed by atoms with Crippen LogP contribution in [0.3, 0.4) is 0 Å². The molecule has 0 amide bonds. The number of hydrogen-bond donors (Lipinski definition) is 1. The van der Waals surface area contributed by atoms with Crippen molar-refractivity contribution in [2.45, 2.75) is 63.7 Å². The van der Waals surface area contributed by atoms with E-state index in [2.05, 4.69) is 10.3 Å². The van der Waals surface area contributed by atoms with Crippen molar-refractivity contribution in [3.63, 3.8) is 0 Å². The summed E-state index contributed by atoms with van der Waals surface area (Å²) in [6.07, 6.45) is 4.57. The molecule has 2 atom stereocenters. The van der Waals surface area contributed by atoms with Crippen molar-refractivity contribution in [3.05, 3.63) is 23.9 Å². The second-order valence-corrected chi connectivity index (χ2v) is 7.54. The molecule has 2 heterocycles. The van der Waals surface area contributed by atoms with Gasteiger partial charge in [-0.3, -0.25) is 0 Å². The van der Waals surface area contributed by atoms with E-state index in [4.69, 9.17) is 0 Å². The molecule has 1 N–H and O–H groups in total. The van der Waals surface area contributed by atoms with Crippen LogP contribution in [0.1, 0.15) is 45.6 Å². The lowest BCUT2D eigenvalue weighted by molar-refractivity contribution is 0.203. The zero-order valence-electron chi connectivity index (χ0n) is 13.0. The van der Waals surface area contributed by atoms with E-state index < -0.39 is 10.0 Å². The van der Waals surface area contributed by atoms with Crippen molar-refractivity contribution >= 4 is 10.0 Å². The number of rotatable bonds is 5. The number of piperidine rings is 1. The zero-order chi connectivity index (χ0) is 15.5. The van der Waals surface area contributed by atoms with Crippen LogP contribution >= 0.6 is 0 Å². The van der Waals surface area contributed by atoms with E-state index in [1.54, 1.807) is 16.6 Å². The fourth-order valence-electron chi connectivity index (χ4n) is 2.92. The molecular weight excluding hydrogens is 286 g/mol. The summed E-state index contributed by atoms with van der Waals surface area (Å²) in [6.45, 7) is 7.58. The third-order valence-corrected chi connectivity index (χ3v) is 6.08. The molecule has 21 heavy (non-hydrogen) atoms. The minimum Gasteiger partial charge on any atom is -0.313 e. The van der Waals surface area contributed by atoms with Crippen molar-refractivity contribution in [2.24, 2.45) is 0 Å². The van der Waals surface area contributed by atoms with Crippen LogP contribution in [0.2, 0.25) is 0 Å². The zero-order valence-corrected chi connectivity index (χ0v) is 13.9. The van der Waals surface area contributed by atoms with Crippen molar-refractivity contribution in [1.82, 2.24) is 14.6 Å². The van der Waals surface area contributed by atoms with Crippen LogP contribution in [-0.4, -0.2) is 36.3 Å². The van der Waals surface area contributed by atoms with E-state index in [1.807, 2.05) is 26.8 Å². The SMILES string of the molecule is CCNCc1ccc(S(=O)(=O)N2[C@H](C)CCC[C@@H]2C)nc1. The second-order valence-electron chi connectivity index (χ2n) is 5.75. The maximum atomic E-state index is 12.8. The first kappa shape index (κ1) is 16.4. The van der Waals surface area contributed by atoms with Crippen LogP contribution in [0.4, 0.5) is 0 Å². The Kier molecular flexibility index (Phi) is 5.35. The number of pyridine rings is 1. The molecule has 2 rings (SSSR count). The second kappa shape index (κ2) is 6.85. The molecule has 0 spiro atoms. The largest absolute Gasteiger partial charge is 0.313 e. The highest BCUT2D eigenvalue weighted by Gasteiger charge is 2.36. The molecule has 1 aliphatic rings. The predicted octanol–water partition coefficient (Wildman–Crippen LogP) is 2.14. The molecule has 1 aromatic rings. The smallest absolute Gasteiger partial charge is 0.261 e. The van der Waals surface area contributed by atoms with Gasteiger partial charge in [-0.05, 0) is 44.9 Å². The van der Waals surface area contributed by atoms with Gasteiger partial charge in [-0.15, -0.1) is 0 Å². The summed E-state index contributed by atoms with van der Waals surface area (Å²) >= 11 is 0. The Labute approximate surface area is 127 Å². The van der Waals surface area contributed by atoms with Gasteiger partial charge in [0.2, 0.25) is 0 Å². The third kappa shape index (κ3) is 3.62. The lowest BCUT2D eigenvalue weighted by Gasteiger charge is -2.37. The van der Waals surface area contributed by atoms with Crippen LogP contribution in [0, 0.1) is 0 Å². The molecule has 1 fully saturated rings. The molecule has 0 bridgehead atoms. The van der Waals surface area contributed by atoms with E-state index >= 15 is 0 Å². The molecule has 0 radical (unpaired) electrons. The molecule has 0 saturated carbocycles. The number of nitrogens with zero attached hydrogens (tertiary/aromatic N) is 2. The Morgan fingerprint density at radius 1 is 1.29 bits per heavy atom. The first-order chi connectivity index (χ1) is 9.96. The minimum atomic E-state index is -3.50. The summed E-state index contributed by atoms with van der Waals surface area (Å²) in [7, 11) is -3.50. The Morgan fingerprint density at radius 2 is 1.95 bits per heavy atom. The van der Waals surface area contributed by atoms with Gasteiger partial charge in [-0.2, -0.15) is 4.31 Å². The lowest BCUT2D eigenvalue weighted by atomic mass is 10.0. The van der Waals surface area contributed by atoms with Crippen LogP contribution in [-0.2, 0) is 16.6 Å². The topological polar surface area (TPSA) is 62.3 Å². The highest BCUT2D eigenvalue weighted by molar-refractivity contribution is 7.89. The van der Waals surface area contributed by atoms with Crippen LogP contribution in [0.25, 0.3) is 0 Å². The van der Waals surface area contributed by atoms with Crippen LogP contribution in [0.5, 0.6) is 0 Å². The van der Waals surface area contributed by atoms with Gasteiger partial charge in [0.25, 0.3) is 10.0 Å². The summed E-state index contributed by atoms with van der Waals surface area (Å²) in [5.41, 5.74) is 0.996. The summed E-state index contributed by atoms with van der Waals surface area (Å²) in [5.74, 6) is 0. The Bertz CT molecular complexity index is 547. The van der Waals surface area contributed by atoms with Gasteiger partial charge in [0.15, 0.2) is 5.03 Å². The van der Waals surface area contributed by atoms with Crippen LogP contribution < -0.4 is 5.32 Å². The van der Waals surface area contributed by atoms with Gasteiger partial charge in [0, 0.05) is 24.8 Å². The van der Waals surface area contributed by atoms with Gasteiger partial charge in [-0.1, -0.05) is 19.4 Å². The summed E-state index contributed by atoms with van der Waals surface area (Å²) in [5, 5.41) is 3.36. The molecule has 0 aliphatic carbocycles. The molecule has 0 aromatic carbocycles. The first-order valence-electron chi connectivity index (χ1n) is 7.66. The van der Waals surface area contributed by atoms with Gasteiger partial charge in [0.05, 0.1) is 0 Å². The summed E-state index contributed by atoms with van der Waals surface area (Å²) in [6, 6.07) is 3.54. The molecule has 1 saturated heterocycles. The summed E-state index contributed by atoms with van der Waals surface area (Å²) in [4.78, 5) is 4.18. The quantitative estimate of drug-likeness (QED) is 0.905. The monoisotopic (exact) mass is 311 g/mol. The van der Waals surface area contributed by atoms with Gasteiger partial charge in [0.1, 0.15) is 0 Å². The van der Waals surface area contributed by atoms with Crippen molar-refractivity contribution < 1.29 is 8.42 Å². The van der Waals surface area contributed by atoms with E-state index in [0.29, 0.717) is 6.54 Å². The Morgan fingerprint density at radius 3 is 2.48 bits per heavy atom. The highest BCUT2D eigenvalue weighted by atomic mass is 32.2. The molecule has 118 valence electrons. The van der Waals surface area contributed by atoms with Crippen LogP contribution in [0.15, 0.2) is 23.4 Å². The Hall–Kier alpha value is -0.980. The maximum Gasteiger partial charge on any atom is 0.261 e. The first-order valence-corrected chi connectivity index (χ1v) is 9.10. The highest BCUT2D eigenvalue weighted by Crippen LogP contribution is 2.28. The molecule has 1 aliphatic heterocycles. The molecule has 6 heteroatoms. The fourth-order valence-corrected chi connectivity index (χ4v) is 4.72.